The Bertz CT molecular complexity index is 728. The van der Waals surface area contributed by atoms with Gasteiger partial charge in [-0.15, -0.1) is 0 Å². The molecule has 4 nitrogen and oxygen atoms in total. The molecule has 0 radical (unpaired) electrons. The van der Waals surface area contributed by atoms with Gasteiger partial charge in [0.1, 0.15) is 16.0 Å². The fourth-order valence-corrected chi connectivity index (χ4v) is 3.65. The average Bonchev–Trinajstić information content (AvgIpc) is 2.88. The first-order valence-electron chi connectivity index (χ1n) is 7.58. The van der Waals surface area contributed by atoms with Crippen molar-refractivity contribution < 1.29 is 13.9 Å². The number of hydrogen-bond acceptors (Lipinski definition) is 5. The van der Waals surface area contributed by atoms with E-state index in [1.165, 1.54) is 11.3 Å². The summed E-state index contributed by atoms with van der Waals surface area (Å²) in [7, 11) is 0. The molecule has 2 heterocycles. The summed E-state index contributed by atoms with van der Waals surface area (Å²) >= 11 is 1.23. The summed E-state index contributed by atoms with van der Waals surface area (Å²) in [5.41, 5.74) is 1.32. The number of aromatic nitrogens is 2. The molecule has 0 aliphatic heterocycles. The summed E-state index contributed by atoms with van der Waals surface area (Å²) in [6, 6.07) is 1.88. The van der Waals surface area contributed by atoms with E-state index in [-0.39, 0.29) is 5.92 Å². The lowest BCUT2D eigenvalue weighted by Crippen LogP contribution is -2.36. The number of alkyl halides is 1. The Morgan fingerprint density at radius 2 is 2.27 bits per heavy atom. The number of esters is 1. The van der Waals surface area contributed by atoms with E-state index in [9.17, 15) is 9.18 Å². The minimum absolute atomic E-state index is 0.0260. The van der Waals surface area contributed by atoms with Crippen LogP contribution < -0.4 is 0 Å². The summed E-state index contributed by atoms with van der Waals surface area (Å²) in [6.45, 7) is 5.91. The number of hydrogen-bond donors (Lipinski definition) is 0. The largest absolute Gasteiger partial charge is 0.461 e. The minimum Gasteiger partial charge on any atom is -0.461 e. The summed E-state index contributed by atoms with van der Waals surface area (Å²) in [5, 5.41) is 0.307. The van der Waals surface area contributed by atoms with Crippen molar-refractivity contribution in [2.75, 3.05) is 6.61 Å². The third-order valence-electron chi connectivity index (χ3n) is 4.30. The number of carbonyl (C=O) groups excluding carboxylic acids is 1. The first-order valence-corrected chi connectivity index (χ1v) is 8.40. The molecule has 0 amide bonds. The minimum atomic E-state index is -1.18. The van der Waals surface area contributed by atoms with Gasteiger partial charge in [-0.3, -0.25) is 0 Å². The standard InChI is InChI=1S/C16H19FN2O2S/c1-4-21-15(20)14-19-12-7-10-8-16(17,9(2)3)6-5-11(10)18-13(12)22-14/h7,9H,4-6,8H2,1-3H3. The highest BCUT2D eigenvalue weighted by molar-refractivity contribution is 7.19. The molecule has 2 aromatic heterocycles. The maximum atomic E-state index is 14.9. The van der Waals surface area contributed by atoms with Crippen LogP contribution in [0.5, 0.6) is 0 Å². The lowest BCUT2D eigenvalue weighted by molar-refractivity contribution is 0.0526. The van der Waals surface area contributed by atoms with Crippen LogP contribution in [0.3, 0.4) is 0 Å². The van der Waals surface area contributed by atoms with Gasteiger partial charge in [0.2, 0.25) is 5.01 Å². The second-order valence-electron chi connectivity index (χ2n) is 6.02. The molecule has 0 spiro atoms. The smallest absolute Gasteiger partial charge is 0.367 e. The topological polar surface area (TPSA) is 52.1 Å². The highest BCUT2D eigenvalue weighted by Gasteiger charge is 2.38. The summed E-state index contributed by atoms with van der Waals surface area (Å²) < 4.78 is 19.9. The molecule has 0 bridgehead atoms. The summed E-state index contributed by atoms with van der Waals surface area (Å²) in [6.07, 6.45) is 1.50. The fourth-order valence-electron chi connectivity index (χ4n) is 2.81. The quantitative estimate of drug-likeness (QED) is 0.808. The molecule has 0 saturated heterocycles. The number of fused-ring (bicyclic) bond motifs is 2. The maximum Gasteiger partial charge on any atom is 0.367 e. The van der Waals surface area contributed by atoms with E-state index < -0.39 is 11.6 Å². The number of nitrogens with zero attached hydrogens (tertiary/aromatic N) is 2. The zero-order valence-electron chi connectivity index (χ0n) is 13.0. The Hall–Kier alpha value is -1.56. The van der Waals surface area contributed by atoms with Crippen LogP contribution in [0, 0.1) is 5.92 Å². The first-order chi connectivity index (χ1) is 10.4. The van der Waals surface area contributed by atoms with E-state index >= 15 is 0 Å². The molecular formula is C16H19FN2O2S. The predicted octanol–water partition coefficient (Wildman–Crippen LogP) is 3.72. The number of ether oxygens (including phenoxy) is 1. The molecule has 1 aliphatic rings. The molecule has 0 aromatic carbocycles. The Balaban J connectivity index is 1.98. The molecule has 1 unspecified atom stereocenters. The van der Waals surface area contributed by atoms with E-state index in [4.69, 9.17) is 4.74 Å². The average molecular weight is 322 g/mol. The van der Waals surface area contributed by atoms with Gasteiger partial charge in [-0.05, 0) is 37.3 Å². The van der Waals surface area contributed by atoms with Crippen LogP contribution in [0.2, 0.25) is 0 Å². The van der Waals surface area contributed by atoms with Crippen LogP contribution in [0.15, 0.2) is 6.07 Å². The number of aryl methyl sites for hydroxylation is 1. The number of carbonyl (C=O) groups is 1. The maximum absolute atomic E-state index is 14.9. The van der Waals surface area contributed by atoms with Gasteiger partial charge in [-0.1, -0.05) is 25.2 Å². The van der Waals surface area contributed by atoms with Crippen LogP contribution >= 0.6 is 11.3 Å². The van der Waals surface area contributed by atoms with Crippen LogP contribution in [0.1, 0.15) is 48.3 Å². The molecular weight excluding hydrogens is 303 g/mol. The van der Waals surface area contributed by atoms with Gasteiger partial charge < -0.3 is 4.74 Å². The Kier molecular flexibility index (Phi) is 3.89. The molecule has 1 aliphatic carbocycles. The molecule has 3 rings (SSSR count). The normalized spacial score (nSPS) is 21.1. The first kappa shape index (κ1) is 15.3. The number of thiazole rings is 1. The van der Waals surface area contributed by atoms with Crippen molar-refractivity contribution in [3.05, 3.63) is 22.3 Å². The van der Waals surface area contributed by atoms with Crippen molar-refractivity contribution in [1.82, 2.24) is 9.97 Å². The van der Waals surface area contributed by atoms with Crippen molar-refractivity contribution in [3.63, 3.8) is 0 Å². The van der Waals surface area contributed by atoms with Crippen molar-refractivity contribution in [1.29, 1.82) is 0 Å². The Morgan fingerprint density at radius 1 is 1.50 bits per heavy atom. The molecule has 118 valence electrons. The van der Waals surface area contributed by atoms with E-state index in [2.05, 4.69) is 9.97 Å². The van der Waals surface area contributed by atoms with Crippen LogP contribution in [0.25, 0.3) is 10.3 Å². The number of rotatable bonds is 3. The Morgan fingerprint density at radius 3 is 2.95 bits per heavy atom. The fraction of sp³-hybridized carbons (Fsp3) is 0.562. The van der Waals surface area contributed by atoms with Crippen molar-refractivity contribution in [2.24, 2.45) is 5.92 Å². The highest BCUT2D eigenvalue weighted by Crippen LogP contribution is 2.38. The van der Waals surface area contributed by atoms with E-state index in [1.807, 2.05) is 19.9 Å². The number of halogens is 1. The van der Waals surface area contributed by atoms with E-state index in [0.717, 1.165) is 16.1 Å². The zero-order chi connectivity index (χ0) is 15.9. The van der Waals surface area contributed by atoms with E-state index in [1.54, 1.807) is 6.92 Å². The molecule has 1 atom stereocenters. The van der Waals surface area contributed by atoms with Gasteiger partial charge in [0.05, 0.1) is 6.61 Å². The van der Waals surface area contributed by atoms with E-state index in [0.29, 0.717) is 36.4 Å². The van der Waals surface area contributed by atoms with Crippen molar-refractivity contribution in [3.8, 4) is 0 Å². The van der Waals surface area contributed by atoms with Gasteiger partial charge in [0, 0.05) is 12.1 Å². The summed E-state index contributed by atoms with van der Waals surface area (Å²) in [4.78, 5) is 21.4. The van der Waals surface area contributed by atoms with Crippen LogP contribution in [-0.4, -0.2) is 28.2 Å². The second-order valence-corrected chi connectivity index (χ2v) is 7.00. The van der Waals surface area contributed by atoms with Crippen molar-refractivity contribution >= 4 is 27.7 Å². The number of pyridine rings is 1. The third kappa shape index (κ3) is 2.60. The Labute approximate surface area is 132 Å². The van der Waals surface area contributed by atoms with Gasteiger partial charge in [-0.2, -0.15) is 0 Å². The lowest BCUT2D eigenvalue weighted by Gasteiger charge is -2.33. The van der Waals surface area contributed by atoms with Gasteiger partial charge >= 0.3 is 5.97 Å². The predicted molar refractivity (Wildman–Crippen MR) is 84.1 cm³/mol. The van der Waals surface area contributed by atoms with Crippen LogP contribution in [-0.2, 0) is 17.6 Å². The molecule has 0 N–H and O–H groups in total. The SMILES string of the molecule is CCOC(=O)c1nc2cc3c(nc2s1)CCC(F)(C(C)C)C3. The lowest BCUT2D eigenvalue weighted by atomic mass is 9.77. The molecule has 2 aromatic rings. The van der Waals surface area contributed by atoms with Crippen molar-refractivity contribution in [2.45, 2.75) is 45.7 Å². The highest BCUT2D eigenvalue weighted by atomic mass is 32.1. The second kappa shape index (κ2) is 5.57. The summed E-state index contributed by atoms with van der Waals surface area (Å²) in [5.74, 6) is -0.452. The van der Waals surface area contributed by atoms with Gasteiger partial charge in [-0.25, -0.2) is 19.2 Å². The van der Waals surface area contributed by atoms with Gasteiger partial charge in [0.15, 0.2) is 0 Å². The van der Waals surface area contributed by atoms with Crippen LogP contribution in [0.4, 0.5) is 4.39 Å². The molecule has 22 heavy (non-hydrogen) atoms. The zero-order valence-corrected chi connectivity index (χ0v) is 13.8. The van der Waals surface area contributed by atoms with Gasteiger partial charge in [0.25, 0.3) is 0 Å². The monoisotopic (exact) mass is 322 g/mol. The molecule has 0 saturated carbocycles. The molecule has 6 heteroatoms. The third-order valence-corrected chi connectivity index (χ3v) is 5.24. The molecule has 0 fully saturated rings.